The van der Waals surface area contributed by atoms with Crippen LogP contribution in [0.1, 0.15) is 11.3 Å². The first-order valence-corrected chi connectivity index (χ1v) is 9.34. The van der Waals surface area contributed by atoms with Crippen LogP contribution in [-0.2, 0) is 12.3 Å². The molecule has 0 N–H and O–H groups in total. The van der Waals surface area contributed by atoms with Crippen LogP contribution in [-0.4, -0.2) is 32.5 Å². The van der Waals surface area contributed by atoms with E-state index in [9.17, 15) is 0 Å². The third kappa shape index (κ3) is 4.01. The zero-order valence-corrected chi connectivity index (χ0v) is 15.5. The minimum Gasteiger partial charge on any atom is -0.496 e. The van der Waals surface area contributed by atoms with E-state index >= 15 is 0 Å². The summed E-state index contributed by atoms with van der Waals surface area (Å²) in [5.74, 6) is 2.09. The van der Waals surface area contributed by atoms with Crippen molar-refractivity contribution in [2.45, 2.75) is 17.5 Å². The Hall–Kier alpha value is -3.13. The third-order valence-electron chi connectivity index (χ3n) is 3.96. The number of ether oxygens (including phenoxy) is 1. The Bertz CT molecular complexity index is 1020. The quantitative estimate of drug-likeness (QED) is 0.453. The van der Waals surface area contributed by atoms with Gasteiger partial charge in [0.15, 0.2) is 0 Å². The van der Waals surface area contributed by atoms with E-state index in [1.165, 1.54) is 11.8 Å². The van der Waals surface area contributed by atoms with Gasteiger partial charge in [-0.05, 0) is 28.1 Å². The van der Waals surface area contributed by atoms with Crippen molar-refractivity contribution < 1.29 is 9.26 Å². The zero-order valence-electron chi connectivity index (χ0n) is 14.6. The van der Waals surface area contributed by atoms with Crippen LogP contribution in [0, 0.1) is 0 Å². The van der Waals surface area contributed by atoms with E-state index in [1.807, 2.05) is 60.7 Å². The molecule has 7 nitrogen and oxygen atoms in total. The molecule has 0 bridgehead atoms. The number of para-hydroxylation sites is 1. The van der Waals surface area contributed by atoms with Crippen molar-refractivity contribution >= 4 is 11.8 Å². The van der Waals surface area contributed by atoms with Crippen molar-refractivity contribution in [1.82, 2.24) is 25.4 Å². The van der Waals surface area contributed by atoms with Gasteiger partial charge in [-0.15, -0.1) is 5.10 Å². The molecular weight excluding hydrogens is 362 g/mol. The minimum atomic E-state index is 0.581. The number of aromatic nitrogens is 5. The summed E-state index contributed by atoms with van der Waals surface area (Å²) in [5, 5.41) is 16.8. The Kier molecular flexibility index (Phi) is 5.15. The number of hydrogen-bond donors (Lipinski definition) is 0. The lowest BCUT2D eigenvalue weighted by atomic mass is 10.1. The second-order valence-electron chi connectivity index (χ2n) is 5.77. The molecule has 27 heavy (non-hydrogen) atoms. The van der Waals surface area contributed by atoms with Gasteiger partial charge in [-0.1, -0.05) is 59.4 Å². The van der Waals surface area contributed by atoms with E-state index in [2.05, 4.69) is 20.7 Å². The molecule has 0 unspecified atom stereocenters. The van der Waals surface area contributed by atoms with E-state index in [0.717, 1.165) is 33.5 Å². The molecule has 0 aliphatic carbocycles. The smallest absolute Gasteiger partial charge is 0.210 e. The second-order valence-corrected chi connectivity index (χ2v) is 6.71. The molecule has 0 amide bonds. The summed E-state index contributed by atoms with van der Waals surface area (Å²) in [6.07, 6.45) is 0. The number of benzene rings is 2. The Morgan fingerprint density at radius 2 is 1.89 bits per heavy atom. The van der Waals surface area contributed by atoms with Crippen molar-refractivity contribution in [2.75, 3.05) is 7.11 Å². The number of methoxy groups -OCH3 is 1. The summed E-state index contributed by atoms with van der Waals surface area (Å²) in [5.41, 5.74) is 2.78. The van der Waals surface area contributed by atoms with Gasteiger partial charge in [0.05, 0.1) is 19.4 Å². The van der Waals surface area contributed by atoms with E-state index in [0.29, 0.717) is 12.3 Å². The molecule has 2 aromatic carbocycles. The molecule has 2 heterocycles. The highest BCUT2D eigenvalue weighted by Gasteiger charge is 2.13. The van der Waals surface area contributed by atoms with E-state index < -0.39 is 0 Å². The Labute approximate surface area is 160 Å². The van der Waals surface area contributed by atoms with Gasteiger partial charge < -0.3 is 9.26 Å². The van der Waals surface area contributed by atoms with Gasteiger partial charge >= 0.3 is 0 Å². The van der Waals surface area contributed by atoms with Crippen molar-refractivity contribution in [3.8, 4) is 17.0 Å². The lowest BCUT2D eigenvalue weighted by molar-refractivity contribution is 0.395. The molecule has 0 aliphatic rings. The first-order valence-electron chi connectivity index (χ1n) is 8.35. The van der Waals surface area contributed by atoms with Gasteiger partial charge in [-0.25, -0.2) is 4.68 Å². The number of nitrogens with zero attached hydrogens (tertiary/aromatic N) is 5. The highest BCUT2D eigenvalue weighted by molar-refractivity contribution is 7.98. The van der Waals surface area contributed by atoms with Crippen LogP contribution < -0.4 is 4.74 Å². The standard InChI is InChI=1S/C19H17N5O2S/c1-25-18-10-6-5-9-16(18)17-11-15(26-21-17)13-27-19-20-22-23-24(19)12-14-7-3-2-4-8-14/h2-11H,12-13H2,1H3. The van der Waals surface area contributed by atoms with Crippen molar-refractivity contribution in [1.29, 1.82) is 0 Å². The molecule has 0 spiro atoms. The van der Waals surface area contributed by atoms with Gasteiger partial charge in [0, 0.05) is 11.6 Å². The van der Waals surface area contributed by atoms with E-state index in [-0.39, 0.29) is 0 Å². The van der Waals surface area contributed by atoms with Crippen molar-refractivity contribution in [3.63, 3.8) is 0 Å². The van der Waals surface area contributed by atoms with Gasteiger partial charge in [0.1, 0.15) is 17.2 Å². The van der Waals surface area contributed by atoms with Gasteiger partial charge in [0.25, 0.3) is 0 Å². The van der Waals surface area contributed by atoms with Gasteiger partial charge in [-0.3, -0.25) is 0 Å². The molecule has 0 fully saturated rings. The summed E-state index contributed by atoms with van der Waals surface area (Å²) >= 11 is 1.51. The molecule has 8 heteroatoms. The Morgan fingerprint density at radius 3 is 2.74 bits per heavy atom. The lowest BCUT2D eigenvalue weighted by Gasteiger charge is -2.04. The van der Waals surface area contributed by atoms with Gasteiger partial charge in [0.2, 0.25) is 5.16 Å². The number of thioether (sulfide) groups is 1. The molecule has 0 saturated carbocycles. The normalized spacial score (nSPS) is 10.9. The molecule has 4 rings (SSSR count). The summed E-state index contributed by atoms with van der Waals surface area (Å²) in [7, 11) is 1.64. The lowest BCUT2D eigenvalue weighted by Crippen LogP contribution is -2.03. The topological polar surface area (TPSA) is 78.9 Å². The first-order chi connectivity index (χ1) is 13.3. The molecule has 0 atom stereocenters. The van der Waals surface area contributed by atoms with E-state index in [4.69, 9.17) is 9.26 Å². The largest absolute Gasteiger partial charge is 0.496 e. The predicted molar refractivity (Wildman–Crippen MR) is 101 cm³/mol. The van der Waals surface area contributed by atoms with Crippen LogP contribution in [0.4, 0.5) is 0 Å². The van der Waals surface area contributed by atoms with Crippen LogP contribution >= 0.6 is 11.8 Å². The van der Waals surface area contributed by atoms with E-state index in [1.54, 1.807) is 11.8 Å². The average molecular weight is 379 g/mol. The molecular formula is C19H17N5O2S. The fourth-order valence-electron chi connectivity index (χ4n) is 2.66. The molecule has 0 saturated heterocycles. The SMILES string of the molecule is COc1ccccc1-c1cc(CSc2nnnn2Cc2ccccc2)on1. The van der Waals surface area contributed by atoms with Crippen LogP contribution in [0.15, 0.2) is 70.3 Å². The predicted octanol–water partition coefficient (Wildman–Crippen LogP) is 3.68. The van der Waals surface area contributed by atoms with Crippen LogP contribution in [0.3, 0.4) is 0 Å². The maximum atomic E-state index is 5.47. The molecule has 0 radical (unpaired) electrons. The molecule has 4 aromatic rings. The number of tetrazole rings is 1. The minimum absolute atomic E-state index is 0.581. The maximum absolute atomic E-state index is 5.47. The number of hydrogen-bond acceptors (Lipinski definition) is 7. The molecule has 2 aromatic heterocycles. The van der Waals surface area contributed by atoms with Crippen molar-refractivity contribution in [2.24, 2.45) is 0 Å². The van der Waals surface area contributed by atoms with Gasteiger partial charge in [-0.2, -0.15) is 0 Å². The number of rotatable bonds is 7. The summed E-state index contributed by atoms with van der Waals surface area (Å²) in [6, 6.07) is 19.7. The molecule has 136 valence electrons. The zero-order chi connectivity index (χ0) is 18.5. The maximum Gasteiger partial charge on any atom is 0.210 e. The summed E-state index contributed by atoms with van der Waals surface area (Å²) in [4.78, 5) is 0. The van der Waals surface area contributed by atoms with Crippen LogP contribution in [0.25, 0.3) is 11.3 Å². The molecule has 0 aliphatic heterocycles. The highest BCUT2D eigenvalue weighted by atomic mass is 32.2. The van der Waals surface area contributed by atoms with Crippen LogP contribution in [0.5, 0.6) is 5.75 Å². The summed E-state index contributed by atoms with van der Waals surface area (Å²) in [6.45, 7) is 0.624. The van der Waals surface area contributed by atoms with Crippen LogP contribution in [0.2, 0.25) is 0 Å². The Morgan fingerprint density at radius 1 is 1.07 bits per heavy atom. The fraction of sp³-hybridized carbons (Fsp3) is 0.158. The fourth-order valence-corrected chi connectivity index (χ4v) is 3.41. The average Bonchev–Trinajstić information content (AvgIpc) is 3.36. The second kappa shape index (κ2) is 8.05. The highest BCUT2D eigenvalue weighted by Crippen LogP contribution is 2.30. The summed E-state index contributed by atoms with van der Waals surface area (Å²) < 4.78 is 12.6. The monoisotopic (exact) mass is 379 g/mol. The Balaban J connectivity index is 1.45. The third-order valence-corrected chi connectivity index (χ3v) is 4.94. The first kappa shape index (κ1) is 17.3. The van der Waals surface area contributed by atoms with Crippen molar-refractivity contribution in [3.05, 3.63) is 72.0 Å².